The molecule has 204 valence electrons. The number of rotatable bonds is 1. The first-order chi connectivity index (χ1) is 19.0. The van der Waals surface area contributed by atoms with Crippen molar-refractivity contribution in [1.82, 2.24) is 15.3 Å². The smallest absolute Gasteiger partial charge is 0.413 e. The Kier molecular flexibility index (Phi) is 6.36. The van der Waals surface area contributed by atoms with E-state index in [1.807, 2.05) is 64.2 Å². The van der Waals surface area contributed by atoms with E-state index in [0.29, 0.717) is 35.8 Å². The van der Waals surface area contributed by atoms with Gasteiger partial charge in [0.1, 0.15) is 16.9 Å². The fraction of sp³-hybridized carbons (Fsp3) is 0.355. The number of fused-ring (bicyclic) bond motifs is 4. The molecular weight excluding hydrogens is 524 g/mol. The molecule has 0 saturated carbocycles. The van der Waals surface area contributed by atoms with Gasteiger partial charge in [0, 0.05) is 51.7 Å². The molecule has 1 spiro atoms. The number of benzene rings is 1. The summed E-state index contributed by atoms with van der Waals surface area (Å²) in [5.74, 6) is 8.37. The number of amides is 1. The molecule has 3 aliphatic rings. The van der Waals surface area contributed by atoms with Gasteiger partial charge < -0.3 is 14.2 Å². The number of aromatic nitrogens is 2. The van der Waals surface area contributed by atoms with Crippen molar-refractivity contribution in [2.75, 3.05) is 19.0 Å². The quantitative estimate of drug-likeness (QED) is 0.379. The van der Waals surface area contributed by atoms with Gasteiger partial charge in [0.05, 0.1) is 18.6 Å². The summed E-state index contributed by atoms with van der Waals surface area (Å²) in [6.45, 7) is 10.8. The summed E-state index contributed by atoms with van der Waals surface area (Å²) < 4.78 is 17.1. The van der Waals surface area contributed by atoms with Crippen molar-refractivity contribution in [2.45, 2.75) is 45.8 Å². The highest BCUT2D eigenvalue weighted by Gasteiger charge is 2.47. The molecule has 0 unspecified atom stereocenters. The monoisotopic (exact) mass is 554 g/mol. The molecule has 1 fully saturated rings. The zero-order valence-corrected chi connectivity index (χ0v) is 23.9. The second-order valence-electron chi connectivity index (χ2n) is 11.6. The maximum absolute atomic E-state index is 12.6. The summed E-state index contributed by atoms with van der Waals surface area (Å²) in [6, 6.07) is 12.0. The van der Waals surface area contributed by atoms with Gasteiger partial charge in [0.25, 0.3) is 0 Å². The molecule has 8 nitrogen and oxygen atoms in total. The molecule has 3 aliphatic heterocycles. The molecule has 0 bridgehead atoms. The summed E-state index contributed by atoms with van der Waals surface area (Å²) in [6.07, 6.45) is 3.08. The van der Waals surface area contributed by atoms with Gasteiger partial charge in [-0.25, -0.2) is 14.8 Å². The van der Waals surface area contributed by atoms with Gasteiger partial charge in [0.2, 0.25) is 5.88 Å². The zero-order chi connectivity index (χ0) is 28.1. The number of thioether (sulfide) groups is 1. The maximum atomic E-state index is 12.6. The molecule has 0 aliphatic carbocycles. The van der Waals surface area contributed by atoms with Crippen molar-refractivity contribution in [2.24, 2.45) is 10.4 Å². The highest BCUT2D eigenvalue weighted by atomic mass is 32.2. The highest BCUT2D eigenvalue weighted by molar-refractivity contribution is 8.14. The van der Waals surface area contributed by atoms with Gasteiger partial charge in [-0.05, 0) is 65.0 Å². The van der Waals surface area contributed by atoms with Crippen molar-refractivity contribution >= 4 is 23.0 Å². The van der Waals surface area contributed by atoms with Crippen molar-refractivity contribution in [3.05, 3.63) is 71.2 Å². The molecule has 1 atom stereocenters. The average Bonchev–Trinajstić information content (AvgIpc) is 3.30. The van der Waals surface area contributed by atoms with Crippen LogP contribution in [-0.2, 0) is 15.0 Å². The van der Waals surface area contributed by atoms with Crippen LogP contribution in [-0.4, -0.2) is 45.8 Å². The molecule has 1 amide bonds. The van der Waals surface area contributed by atoms with Crippen LogP contribution in [0.4, 0.5) is 4.79 Å². The number of aliphatic imine (C=N–C) groups is 1. The van der Waals surface area contributed by atoms with Gasteiger partial charge in [-0.2, -0.15) is 0 Å². The molecule has 1 saturated heterocycles. The molecule has 0 radical (unpaired) electrons. The Morgan fingerprint density at radius 2 is 1.88 bits per heavy atom. The molecule has 2 aromatic heterocycles. The summed E-state index contributed by atoms with van der Waals surface area (Å²) in [4.78, 5) is 26.9. The lowest BCUT2D eigenvalue weighted by Gasteiger charge is -2.34. The average molecular weight is 555 g/mol. The number of pyridine rings is 2. The third-order valence-electron chi connectivity index (χ3n) is 6.84. The fourth-order valence-electron chi connectivity index (χ4n) is 4.74. The van der Waals surface area contributed by atoms with Crippen LogP contribution in [0.25, 0.3) is 11.1 Å². The van der Waals surface area contributed by atoms with Crippen molar-refractivity contribution in [3.63, 3.8) is 0 Å². The molecule has 9 heteroatoms. The van der Waals surface area contributed by atoms with Gasteiger partial charge in [-0.3, -0.25) is 10.3 Å². The van der Waals surface area contributed by atoms with Crippen LogP contribution >= 0.6 is 11.8 Å². The van der Waals surface area contributed by atoms with Gasteiger partial charge >= 0.3 is 6.09 Å². The minimum atomic E-state index is -0.847. The Morgan fingerprint density at radius 3 is 2.58 bits per heavy atom. The van der Waals surface area contributed by atoms with Crippen molar-refractivity contribution < 1.29 is 19.0 Å². The third-order valence-corrected chi connectivity index (χ3v) is 7.87. The van der Waals surface area contributed by atoms with Crippen LogP contribution in [0, 0.1) is 24.2 Å². The third kappa shape index (κ3) is 5.05. The van der Waals surface area contributed by atoms with E-state index in [9.17, 15) is 4.79 Å². The summed E-state index contributed by atoms with van der Waals surface area (Å²) in [5, 5.41) is 3.31. The van der Waals surface area contributed by atoms with Crippen LogP contribution < -0.4 is 10.1 Å². The van der Waals surface area contributed by atoms with Gasteiger partial charge in [-0.1, -0.05) is 29.7 Å². The molecule has 1 aromatic carbocycles. The first-order valence-electron chi connectivity index (χ1n) is 13.1. The Hall–Kier alpha value is -3.87. The van der Waals surface area contributed by atoms with E-state index < -0.39 is 17.2 Å². The summed E-state index contributed by atoms with van der Waals surface area (Å²) >= 11 is 1.46. The van der Waals surface area contributed by atoms with E-state index in [4.69, 9.17) is 24.2 Å². The van der Waals surface area contributed by atoms with Crippen LogP contribution in [0.2, 0.25) is 0 Å². The number of aryl methyl sites for hydroxylation is 1. The second kappa shape index (κ2) is 9.65. The molecule has 40 heavy (non-hydrogen) atoms. The largest absolute Gasteiger partial charge is 0.444 e. The lowest BCUT2D eigenvalue weighted by molar-refractivity contribution is -0.0648. The fourth-order valence-corrected chi connectivity index (χ4v) is 5.84. The number of carbonyl (C=O) groups excluding carboxylic acids is 1. The number of alkyl carbamates (subject to hydrolysis) is 1. The number of hydrogen-bond acceptors (Lipinski definition) is 8. The maximum Gasteiger partial charge on any atom is 0.413 e. The topological polar surface area (TPSA) is 94.9 Å². The Bertz CT molecular complexity index is 1600. The number of amidine groups is 1. The molecule has 5 heterocycles. The normalized spacial score (nSPS) is 20.2. The predicted octanol–water partition coefficient (Wildman–Crippen LogP) is 5.82. The lowest BCUT2D eigenvalue weighted by Crippen LogP contribution is -2.38. The van der Waals surface area contributed by atoms with Crippen LogP contribution in [0.1, 0.15) is 50.1 Å². The number of hydrogen-bond donors (Lipinski definition) is 1. The van der Waals surface area contributed by atoms with E-state index in [2.05, 4.69) is 35.1 Å². The minimum absolute atomic E-state index is 0.135. The second-order valence-corrected chi connectivity index (χ2v) is 12.5. The minimum Gasteiger partial charge on any atom is -0.444 e. The number of ether oxygens (including phenoxy) is 3. The van der Waals surface area contributed by atoms with E-state index in [0.717, 1.165) is 33.5 Å². The summed E-state index contributed by atoms with van der Waals surface area (Å²) in [7, 11) is 0. The Morgan fingerprint density at radius 1 is 1.07 bits per heavy atom. The highest BCUT2D eigenvalue weighted by Crippen LogP contribution is 2.53. The summed E-state index contributed by atoms with van der Waals surface area (Å²) in [5.41, 5.74) is 3.73. The first kappa shape index (κ1) is 26.4. The van der Waals surface area contributed by atoms with Gasteiger partial charge in [-0.15, -0.1) is 0 Å². The predicted molar refractivity (Wildman–Crippen MR) is 155 cm³/mol. The van der Waals surface area contributed by atoms with E-state index in [1.54, 1.807) is 6.20 Å². The SMILES string of the molecule is Cc1ccc(-c2cnc3c(c2)[C@]2(CSC(NC(=O)OC(C)(C)C)=N2)c2cc(C#CC4(C)COC4)ccc2O3)cn1. The molecular formula is C31H30N4O4S. The van der Waals surface area contributed by atoms with Crippen LogP contribution in [0.3, 0.4) is 0 Å². The van der Waals surface area contributed by atoms with Crippen LogP contribution in [0.15, 0.2) is 53.8 Å². The van der Waals surface area contributed by atoms with Crippen molar-refractivity contribution in [3.8, 4) is 34.6 Å². The van der Waals surface area contributed by atoms with Gasteiger partial charge in [0.15, 0.2) is 5.17 Å². The standard InChI is InChI=1S/C31H30N4O4S/c1-19-6-8-21(14-32-19)22-13-24-26(33-15-22)38-25-9-7-20(10-11-30(5)16-37-17-30)12-23(25)31(24)18-40-27(35-31)34-28(36)39-29(2,3)4/h6-9,12-15H,16-18H2,1-5H3,(H,34,35,36)/t31-/m0/s1. The Labute approximate surface area is 238 Å². The van der Waals surface area contributed by atoms with E-state index in [-0.39, 0.29) is 5.41 Å². The van der Waals surface area contributed by atoms with E-state index in [1.165, 1.54) is 11.8 Å². The number of nitrogens with zero attached hydrogens (tertiary/aromatic N) is 3. The first-order valence-corrected chi connectivity index (χ1v) is 14.1. The molecule has 6 rings (SSSR count). The molecule has 3 aromatic rings. The number of nitrogens with one attached hydrogen (secondary N) is 1. The Balaban J connectivity index is 1.45. The lowest BCUT2D eigenvalue weighted by atomic mass is 9.81. The zero-order valence-electron chi connectivity index (χ0n) is 23.1. The van der Waals surface area contributed by atoms with Crippen molar-refractivity contribution in [1.29, 1.82) is 0 Å². The van der Waals surface area contributed by atoms with Crippen LogP contribution in [0.5, 0.6) is 11.6 Å². The molecule has 1 N–H and O–H groups in total. The number of carbonyl (C=O) groups is 1. The van der Waals surface area contributed by atoms with E-state index >= 15 is 0 Å².